The van der Waals surface area contributed by atoms with Crippen molar-refractivity contribution >= 4 is 17.3 Å². The number of aromatic amines is 1. The van der Waals surface area contributed by atoms with E-state index in [0.717, 1.165) is 6.08 Å². The molecule has 2 N–H and O–H groups in total. The Morgan fingerprint density at radius 2 is 1.81 bits per heavy atom. The van der Waals surface area contributed by atoms with E-state index in [2.05, 4.69) is 20.6 Å². The average molecular weight is 417 g/mol. The Bertz CT molecular complexity index is 1260. The smallest absolute Gasteiger partial charge is 0.239 e. The Morgan fingerprint density at radius 3 is 2.52 bits per heavy atom. The van der Waals surface area contributed by atoms with Crippen LogP contribution in [0.3, 0.4) is 0 Å². The SMILES string of the molecule is O=C(C=C(O)c1nn[nH]n1)c1cc(C(=O)c2ccccc2)n(Cc2ccccc2F)c1. The van der Waals surface area contributed by atoms with Gasteiger partial charge in [-0.25, -0.2) is 4.39 Å². The number of aliphatic hydroxyl groups is 1. The van der Waals surface area contributed by atoms with Crippen molar-refractivity contribution in [2.24, 2.45) is 0 Å². The highest BCUT2D eigenvalue weighted by Crippen LogP contribution is 2.19. The van der Waals surface area contributed by atoms with Crippen LogP contribution in [0.4, 0.5) is 4.39 Å². The predicted molar refractivity (Wildman–Crippen MR) is 109 cm³/mol. The number of nitrogens with zero attached hydrogens (tertiary/aromatic N) is 4. The molecule has 0 spiro atoms. The molecule has 0 amide bonds. The minimum absolute atomic E-state index is 0.0500. The van der Waals surface area contributed by atoms with Crippen LogP contribution in [0.15, 0.2) is 72.9 Å². The van der Waals surface area contributed by atoms with E-state index < -0.39 is 17.4 Å². The first-order valence-electron chi connectivity index (χ1n) is 9.25. The zero-order valence-electron chi connectivity index (χ0n) is 16.1. The number of rotatable bonds is 7. The molecule has 4 rings (SSSR count). The first kappa shape index (κ1) is 19.9. The third kappa shape index (κ3) is 4.30. The van der Waals surface area contributed by atoms with Gasteiger partial charge in [0.2, 0.25) is 11.6 Å². The monoisotopic (exact) mass is 417 g/mol. The van der Waals surface area contributed by atoms with Gasteiger partial charge >= 0.3 is 0 Å². The molecule has 0 fully saturated rings. The number of carbonyl (C=O) groups excluding carboxylic acids is 2. The number of aromatic nitrogens is 5. The van der Waals surface area contributed by atoms with E-state index in [0.29, 0.717) is 11.1 Å². The topological polar surface area (TPSA) is 114 Å². The van der Waals surface area contributed by atoms with E-state index >= 15 is 0 Å². The summed E-state index contributed by atoms with van der Waals surface area (Å²) in [5.74, 6) is -1.92. The van der Waals surface area contributed by atoms with Gasteiger partial charge in [0.1, 0.15) is 5.82 Å². The molecular weight excluding hydrogens is 401 g/mol. The summed E-state index contributed by atoms with van der Waals surface area (Å²) in [6, 6.07) is 16.2. The highest BCUT2D eigenvalue weighted by atomic mass is 19.1. The fourth-order valence-corrected chi connectivity index (χ4v) is 3.06. The summed E-state index contributed by atoms with van der Waals surface area (Å²) in [7, 11) is 0. The van der Waals surface area contributed by atoms with Crippen molar-refractivity contribution in [2.75, 3.05) is 0 Å². The van der Waals surface area contributed by atoms with Crippen molar-refractivity contribution in [1.82, 2.24) is 25.2 Å². The lowest BCUT2D eigenvalue weighted by Gasteiger charge is -2.09. The van der Waals surface area contributed by atoms with Gasteiger partial charge in [0.05, 0.1) is 12.2 Å². The maximum atomic E-state index is 14.2. The molecule has 0 aliphatic rings. The van der Waals surface area contributed by atoms with Crippen molar-refractivity contribution in [3.63, 3.8) is 0 Å². The molecule has 8 nitrogen and oxygen atoms in total. The van der Waals surface area contributed by atoms with Crippen molar-refractivity contribution in [3.05, 3.63) is 107 Å². The summed E-state index contributed by atoms with van der Waals surface area (Å²) in [6.07, 6.45) is 2.38. The Hall–Kier alpha value is -4.40. The highest BCUT2D eigenvalue weighted by Gasteiger charge is 2.20. The van der Waals surface area contributed by atoms with Crippen LogP contribution in [-0.2, 0) is 6.54 Å². The third-order valence-corrected chi connectivity index (χ3v) is 4.59. The standard InChI is InChI=1S/C22H16FN5O3/c23-17-9-5-4-8-15(17)12-28-13-16(19(29)11-20(30)22-24-26-27-25-22)10-18(28)21(31)14-6-2-1-3-7-14/h1-11,13,30H,12H2,(H,24,25,26,27). The van der Waals surface area contributed by atoms with E-state index in [9.17, 15) is 19.1 Å². The zero-order chi connectivity index (χ0) is 21.8. The van der Waals surface area contributed by atoms with Gasteiger partial charge in [-0.05, 0) is 17.3 Å². The number of hydrogen-bond acceptors (Lipinski definition) is 6. The number of benzene rings is 2. The summed E-state index contributed by atoms with van der Waals surface area (Å²) in [5, 5.41) is 22.7. The average Bonchev–Trinajstić information content (AvgIpc) is 3.46. The molecule has 0 bridgehead atoms. The molecule has 2 aromatic carbocycles. The third-order valence-electron chi connectivity index (χ3n) is 4.59. The van der Waals surface area contributed by atoms with Crippen LogP contribution in [0.2, 0.25) is 0 Å². The van der Waals surface area contributed by atoms with Crippen molar-refractivity contribution < 1.29 is 19.1 Å². The zero-order valence-corrected chi connectivity index (χ0v) is 16.1. The number of tetrazole rings is 1. The highest BCUT2D eigenvalue weighted by molar-refractivity contribution is 6.12. The molecule has 2 aromatic heterocycles. The molecule has 4 aromatic rings. The van der Waals surface area contributed by atoms with E-state index in [-0.39, 0.29) is 29.4 Å². The number of carbonyl (C=O) groups is 2. The van der Waals surface area contributed by atoms with Crippen LogP contribution in [-0.4, -0.2) is 41.9 Å². The molecule has 0 atom stereocenters. The largest absolute Gasteiger partial charge is 0.504 e. The van der Waals surface area contributed by atoms with Gasteiger partial charge in [-0.1, -0.05) is 48.5 Å². The molecule has 154 valence electrons. The summed E-state index contributed by atoms with van der Waals surface area (Å²) < 4.78 is 15.7. The normalized spacial score (nSPS) is 11.5. The van der Waals surface area contributed by atoms with Crippen LogP contribution < -0.4 is 0 Å². The summed E-state index contributed by atoms with van der Waals surface area (Å²) in [5.41, 5.74) is 1.15. The Morgan fingerprint density at radius 1 is 1.06 bits per heavy atom. The first-order valence-corrected chi connectivity index (χ1v) is 9.25. The molecule has 0 aliphatic carbocycles. The van der Waals surface area contributed by atoms with E-state index in [1.54, 1.807) is 48.5 Å². The lowest BCUT2D eigenvalue weighted by molar-refractivity contribution is 0.102. The van der Waals surface area contributed by atoms with Crippen LogP contribution in [0.25, 0.3) is 5.76 Å². The van der Waals surface area contributed by atoms with Crippen molar-refractivity contribution in [3.8, 4) is 0 Å². The van der Waals surface area contributed by atoms with Crippen LogP contribution in [0.5, 0.6) is 0 Å². The fraction of sp³-hybridized carbons (Fsp3) is 0.0455. The molecule has 31 heavy (non-hydrogen) atoms. The second-order valence-corrected chi connectivity index (χ2v) is 6.66. The minimum Gasteiger partial charge on any atom is -0.504 e. The fourth-order valence-electron chi connectivity index (χ4n) is 3.06. The number of H-pyrrole nitrogens is 1. The molecule has 0 unspecified atom stereocenters. The van der Waals surface area contributed by atoms with Crippen molar-refractivity contribution in [2.45, 2.75) is 6.54 Å². The van der Waals surface area contributed by atoms with E-state index in [1.807, 2.05) is 0 Å². The van der Waals surface area contributed by atoms with Gasteiger partial charge < -0.3 is 9.67 Å². The molecule has 9 heteroatoms. The maximum absolute atomic E-state index is 14.2. The summed E-state index contributed by atoms with van der Waals surface area (Å²) in [4.78, 5) is 25.7. The number of hydrogen-bond donors (Lipinski definition) is 2. The maximum Gasteiger partial charge on any atom is 0.239 e. The molecule has 2 heterocycles. The predicted octanol–water partition coefficient (Wildman–Crippen LogP) is 3.20. The molecule has 0 aliphatic heterocycles. The van der Waals surface area contributed by atoms with Gasteiger partial charge in [-0.2, -0.15) is 5.21 Å². The molecular formula is C22H16FN5O3. The Kier molecular flexibility index (Phi) is 5.48. The summed E-state index contributed by atoms with van der Waals surface area (Å²) in [6.45, 7) is 0.0500. The second kappa shape index (κ2) is 8.54. The van der Waals surface area contributed by atoms with Gasteiger partial charge in [0.15, 0.2) is 11.5 Å². The number of halogens is 1. The molecule has 0 saturated heterocycles. The van der Waals surface area contributed by atoms with Gasteiger partial charge in [0.25, 0.3) is 0 Å². The Balaban J connectivity index is 1.73. The van der Waals surface area contributed by atoms with Gasteiger partial charge in [-0.15, -0.1) is 10.2 Å². The molecule has 0 radical (unpaired) electrons. The van der Waals surface area contributed by atoms with Gasteiger partial charge in [-0.3, -0.25) is 9.59 Å². The number of nitrogens with one attached hydrogen (secondary N) is 1. The van der Waals surface area contributed by atoms with Crippen LogP contribution >= 0.6 is 0 Å². The first-order chi connectivity index (χ1) is 15.0. The lowest BCUT2D eigenvalue weighted by Crippen LogP contribution is -2.11. The van der Waals surface area contributed by atoms with Crippen molar-refractivity contribution in [1.29, 1.82) is 0 Å². The minimum atomic E-state index is -0.573. The molecule has 0 saturated carbocycles. The van der Waals surface area contributed by atoms with E-state index in [4.69, 9.17) is 0 Å². The quantitative estimate of drug-likeness (QED) is 0.271. The van der Waals surface area contributed by atoms with E-state index in [1.165, 1.54) is 22.9 Å². The Labute approximate surface area is 175 Å². The number of allylic oxidation sites excluding steroid dienone is 1. The van der Waals surface area contributed by atoms with Gasteiger partial charge in [0, 0.05) is 29.0 Å². The number of ketones is 2. The second-order valence-electron chi connectivity index (χ2n) is 6.66. The summed E-state index contributed by atoms with van der Waals surface area (Å²) >= 11 is 0. The van der Waals surface area contributed by atoms with Crippen LogP contribution in [0.1, 0.15) is 37.8 Å². The lowest BCUT2D eigenvalue weighted by atomic mass is 10.1. The van der Waals surface area contributed by atoms with Crippen LogP contribution in [0, 0.1) is 5.82 Å². The number of aliphatic hydroxyl groups excluding tert-OH is 1.